The lowest BCUT2D eigenvalue weighted by atomic mass is 10.1. The highest BCUT2D eigenvalue weighted by Crippen LogP contribution is 2.16. The van der Waals surface area contributed by atoms with Gasteiger partial charge in [0.25, 0.3) is 0 Å². The number of nitrogens with zero attached hydrogens (tertiary/aromatic N) is 3. The third-order valence-corrected chi connectivity index (χ3v) is 8.22. The maximum absolute atomic E-state index is 13.0. The maximum atomic E-state index is 13.0. The third kappa shape index (κ3) is 12.7. The summed E-state index contributed by atoms with van der Waals surface area (Å²) in [5.41, 5.74) is 1.23. The highest BCUT2D eigenvalue weighted by molar-refractivity contribution is 5.76. The van der Waals surface area contributed by atoms with Crippen LogP contribution in [0.4, 0.5) is 8.78 Å². The molecule has 12 heteroatoms. The zero-order valence-electron chi connectivity index (χ0n) is 28.4. The van der Waals surface area contributed by atoms with Crippen molar-refractivity contribution in [3.8, 4) is 11.5 Å². The Morgan fingerprint density at radius 2 is 1.24 bits per heavy atom. The number of halogens is 2. The van der Waals surface area contributed by atoms with Gasteiger partial charge in [0, 0.05) is 58.9 Å². The van der Waals surface area contributed by atoms with Crippen LogP contribution in [-0.2, 0) is 25.6 Å². The molecule has 0 radical (unpaired) electrons. The summed E-state index contributed by atoms with van der Waals surface area (Å²) >= 11 is 0. The molecule has 1 N–H and O–H groups in total. The zero-order chi connectivity index (χ0) is 34.8. The van der Waals surface area contributed by atoms with Crippen LogP contribution in [0.15, 0.2) is 78.9 Å². The van der Waals surface area contributed by atoms with Crippen LogP contribution in [0.2, 0.25) is 0 Å². The Balaban J connectivity index is 0.000000230. The molecule has 2 atom stereocenters. The molecular weight excluding hydrogens is 634 g/mol. The molecule has 0 saturated carbocycles. The first-order valence-corrected chi connectivity index (χ1v) is 16.9. The summed E-state index contributed by atoms with van der Waals surface area (Å²) in [6.45, 7) is 11.8. The van der Waals surface area contributed by atoms with E-state index in [4.69, 9.17) is 18.9 Å². The van der Waals surface area contributed by atoms with Crippen LogP contribution in [0.25, 0.3) is 0 Å². The molecule has 0 amide bonds. The number of benzene rings is 3. The normalized spacial score (nSPS) is 18.5. The van der Waals surface area contributed by atoms with E-state index < -0.39 is 0 Å². The molecule has 2 aliphatic heterocycles. The monoisotopic (exact) mass is 682 g/mol. The van der Waals surface area contributed by atoms with Gasteiger partial charge in [-0.2, -0.15) is 0 Å². The van der Waals surface area contributed by atoms with Gasteiger partial charge < -0.3 is 24.3 Å². The fourth-order valence-corrected chi connectivity index (χ4v) is 5.70. The minimum absolute atomic E-state index is 0.193. The predicted molar refractivity (Wildman–Crippen MR) is 182 cm³/mol. The second-order valence-corrected chi connectivity index (χ2v) is 11.6. The maximum Gasteiger partial charge on any atom is 0.324 e. The molecule has 0 bridgehead atoms. The van der Waals surface area contributed by atoms with E-state index >= 15 is 0 Å². The van der Waals surface area contributed by atoms with E-state index in [1.54, 1.807) is 31.2 Å². The molecule has 266 valence electrons. The van der Waals surface area contributed by atoms with Crippen LogP contribution in [-0.4, -0.2) is 118 Å². The number of rotatable bonds is 14. The van der Waals surface area contributed by atoms with Gasteiger partial charge in [0.1, 0.15) is 48.4 Å². The number of piperazine rings is 2. The van der Waals surface area contributed by atoms with Gasteiger partial charge in [0.05, 0.1) is 13.2 Å². The van der Waals surface area contributed by atoms with Crippen LogP contribution in [0.5, 0.6) is 11.5 Å². The highest BCUT2D eigenvalue weighted by atomic mass is 19.1. The molecule has 0 aromatic heterocycles. The number of hydrogen-bond acceptors (Lipinski definition) is 10. The molecular formula is C37H48F2N4O6. The molecule has 2 fully saturated rings. The van der Waals surface area contributed by atoms with Gasteiger partial charge >= 0.3 is 11.9 Å². The molecule has 10 nitrogen and oxygen atoms in total. The van der Waals surface area contributed by atoms with E-state index in [2.05, 4.69) is 32.1 Å². The zero-order valence-corrected chi connectivity index (χ0v) is 28.4. The van der Waals surface area contributed by atoms with Gasteiger partial charge in [0.15, 0.2) is 0 Å². The second kappa shape index (κ2) is 20.4. The molecule has 0 aliphatic carbocycles. The molecule has 2 unspecified atom stereocenters. The summed E-state index contributed by atoms with van der Waals surface area (Å²) in [5, 5.41) is 3.19. The Morgan fingerprint density at radius 3 is 1.80 bits per heavy atom. The summed E-state index contributed by atoms with van der Waals surface area (Å²) in [4.78, 5) is 30.9. The average Bonchev–Trinajstić information content (AvgIpc) is 3.11. The number of ether oxygens (including phenoxy) is 4. The molecule has 2 saturated heterocycles. The van der Waals surface area contributed by atoms with Crippen molar-refractivity contribution in [1.82, 2.24) is 20.0 Å². The molecule has 49 heavy (non-hydrogen) atoms. The Bertz CT molecular complexity index is 1400. The summed E-state index contributed by atoms with van der Waals surface area (Å²) in [6, 6.07) is 21.6. The van der Waals surface area contributed by atoms with E-state index in [1.165, 1.54) is 29.8 Å². The molecule has 3 aromatic rings. The number of nitrogens with one attached hydrogen (secondary N) is 1. The molecule has 3 aromatic carbocycles. The average molecular weight is 683 g/mol. The van der Waals surface area contributed by atoms with Crippen molar-refractivity contribution in [1.29, 1.82) is 0 Å². The Labute approximate surface area is 287 Å². The van der Waals surface area contributed by atoms with Gasteiger partial charge in [-0.05, 0) is 67.9 Å². The second-order valence-electron chi connectivity index (χ2n) is 11.6. The summed E-state index contributed by atoms with van der Waals surface area (Å²) in [5.74, 6) is 0.278. The molecule has 2 heterocycles. The standard InChI is InChI=1S/C22H27FN2O3.C15H21FN2O3/c1-2-27-22(26)21-17-24(16-18-6-4-3-5-7-18)12-13-25(21)14-15-28-20-10-8-19(23)9-11-20;1-2-20-15(19)14-11-17-7-8-18(14)9-10-21-13-5-3-12(16)4-6-13/h3-11,21H,2,12-17H2,1H3;3-6,14,17H,2,7-11H2,1H3. The van der Waals surface area contributed by atoms with E-state index in [1.807, 2.05) is 25.1 Å². The summed E-state index contributed by atoms with van der Waals surface area (Å²) < 4.78 is 47.4. The fraction of sp³-hybridized carbons (Fsp3) is 0.459. The smallest absolute Gasteiger partial charge is 0.324 e. The van der Waals surface area contributed by atoms with Crippen molar-refractivity contribution in [2.24, 2.45) is 0 Å². The quantitative estimate of drug-likeness (QED) is 0.252. The number of carbonyl (C=O) groups excluding carboxylic acids is 2. The van der Waals surface area contributed by atoms with E-state index in [-0.39, 0.29) is 35.7 Å². The first-order valence-electron chi connectivity index (χ1n) is 16.9. The SMILES string of the molecule is CCOC(=O)C1CN(Cc2ccccc2)CCN1CCOc1ccc(F)cc1.CCOC(=O)C1CNCCN1CCOc1ccc(F)cc1. The number of carbonyl (C=O) groups is 2. The Hall–Kier alpha value is -4.10. The van der Waals surface area contributed by atoms with Crippen LogP contribution < -0.4 is 14.8 Å². The van der Waals surface area contributed by atoms with Crippen molar-refractivity contribution in [2.45, 2.75) is 32.5 Å². The van der Waals surface area contributed by atoms with E-state index in [0.717, 1.165) is 32.7 Å². The third-order valence-electron chi connectivity index (χ3n) is 8.22. The molecule has 5 rings (SSSR count). The lowest BCUT2D eigenvalue weighted by Gasteiger charge is -2.40. The Morgan fingerprint density at radius 1 is 0.714 bits per heavy atom. The van der Waals surface area contributed by atoms with Crippen molar-refractivity contribution in [3.05, 3.63) is 96.1 Å². The van der Waals surface area contributed by atoms with Crippen molar-refractivity contribution in [2.75, 3.05) is 78.8 Å². The summed E-state index contributed by atoms with van der Waals surface area (Å²) in [6.07, 6.45) is 0. The predicted octanol–water partition coefficient (Wildman–Crippen LogP) is 4.00. The topological polar surface area (TPSA) is 92.8 Å². The first kappa shape index (κ1) is 37.7. The van der Waals surface area contributed by atoms with Gasteiger partial charge in [-0.25, -0.2) is 8.78 Å². The van der Waals surface area contributed by atoms with Crippen LogP contribution in [0, 0.1) is 11.6 Å². The minimum atomic E-state index is -0.311. The Kier molecular flexibility index (Phi) is 15.7. The summed E-state index contributed by atoms with van der Waals surface area (Å²) in [7, 11) is 0. The number of esters is 2. The molecule has 0 spiro atoms. The van der Waals surface area contributed by atoms with Crippen LogP contribution in [0.1, 0.15) is 19.4 Å². The van der Waals surface area contributed by atoms with Gasteiger partial charge in [-0.15, -0.1) is 0 Å². The number of hydrogen-bond donors (Lipinski definition) is 1. The molecule has 2 aliphatic rings. The van der Waals surface area contributed by atoms with Gasteiger partial charge in [-0.3, -0.25) is 24.3 Å². The van der Waals surface area contributed by atoms with E-state index in [0.29, 0.717) is 64.1 Å². The van der Waals surface area contributed by atoms with Crippen molar-refractivity contribution in [3.63, 3.8) is 0 Å². The fourth-order valence-electron chi connectivity index (χ4n) is 5.70. The van der Waals surface area contributed by atoms with Crippen molar-refractivity contribution >= 4 is 11.9 Å². The highest BCUT2D eigenvalue weighted by Gasteiger charge is 2.33. The van der Waals surface area contributed by atoms with Crippen LogP contribution >= 0.6 is 0 Å². The van der Waals surface area contributed by atoms with Gasteiger partial charge in [0.2, 0.25) is 0 Å². The minimum Gasteiger partial charge on any atom is -0.492 e. The van der Waals surface area contributed by atoms with Gasteiger partial charge in [-0.1, -0.05) is 30.3 Å². The van der Waals surface area contributed by atoms with Crippen molar-refractivity contribution < 1.29 is 37.3 Å². The lowest BCUT2D eigenvalue weighted by Crippen LogP contribution is -2.57. The largest absolute Gasteiger partial charge is 0.492 e. The lowest BCUT2D eigenvalue weighted by molar-refractivity contribution is -0.152. The van der Waals surface area contributed by atoms with Crippen LogP contribution in [0.3, 0.4) is 0 Å². The first-order chi connectivity index (χ1) is 23.9. The van der Waals surface area contributed by atoms with E-state index in [9.17, 15) is 18.4 Å².